The van der Waals surface area contributed by atoms with Crippen LogP contribution in [0.4, 0.5) is 4.39 Å². The molecule has 1 aliphatic heterocycles. The third-order valence-corrected chi connectivity index (χ3v) is 3.12. The van der Waals surface area contributed by atoms with Gasteiger partial charge in [0, 0.05) is 25.2 Å². The summed E-state index contributed by atoms with van der Waals surface area (Å²) in [6.45, 7) is 4.25. The second-order valence-corrected chi connectivity index (χ2v) is 4.58. The molecular formula is C13H19FN2. The first-order valence-electron chi connectivity index (χ1n) is 5.95. The Kier molecular flexibility index (Phi) is 3.91. The second-order valence-electron chi connectivity index (χ2n) is 4.58. The second kappa shape index (κ2) is 5.41. The predicted molar refractivity (Wildman–Crippen MR) is 64.0 cm³/mol. The van der Waals surface area contributed by atoms with Crippen LogP contribution in [0.15, 0.2) is 24.3 Å². The minimum atomic E-state index is -0.157. The zero-order valence-electron chi connectivity index (χ0n) is 9.67. The highest BCUT2D eigenvalue weighted by molar-refractivity contribution is 5.16. The summed E-state index contributed by atoms with van der Waals surface area (Å²) in [5.41, 5.74) is 1.21. The Morgan fingerprint density at radius 2 is 1.94 bits per heavy atom. The van der Waals surface area contributed by atoms with E-state index in [1.54, 1.807) is 0 Å². The summed E-state index contributed by atoms with van der Waals surface area (Å²) in [7, 11) is 0. The van der Waals surface area contributed by atoms with Crippen molar-refractivity contribution in [2.45, 2.75) is 31.8 Å². The van der Waals surface area contributed by atoms with Crippen molar-refractivity contribution in [1.82, 2.24) is 10.6 Å². The molecular weight excluding hydrogens is 203 g/mol. The highest BCUT2D eigenvalue weighted by Crippen LogP contribution is 2.08. The van der Waals surface area contributed by atoms with E-state index in [2.05, 4.69) is 17.6 Å². The molecule has 0 bridgehead atoms. The van der Waals surface area contributed by atoms with Crippen molar-refractivity contribution < 1.29 is 4.39 Å². The van der Waals surface area contributed by atoms with Crippen molar-refractivity contribution in [2.24, 2.45) is 0 Å². The Bertz CT molecular complexity index is 315. The first kappa shape index (κ1) is 11.6. The molecule has 1 saturated heterocycles. The molecule has 2 unspecified atom stereocenters. The molecule has 0 aromatic heterocycles. The Hall–Kier alpha value is -0.930. The topological polar surface area (TPSA) is 24.1 Å². The molecule has 0 saturated carbocycles. The molecule has 88 valence electrons. The van der Waals surface area contributed by atoms with Gasteiger partial charge >= 0.3 is 0 Å². The molecule has 2 rings (SSSR count). The van der Waals surface area contributed by atoms with Crippen molar-refractivity contribution in [1.29, 1.82) is 0 Å². The van der Waals surface area contributed by atoms with Gasteiger partial charge in [-0.3, -0.25) is 0 Å². The summed E-state index contributed by atoms with van der Waals surface area (Å²) < 4.78 is 12.7. The average Bonchev–Trinajstić information content (AvgIpc) is 2.30. The largest absolute Gasteiger partial charge is 0.311 e. The van der Waals surface area contributed by atoms with Gasteiger partial charge in [-0.15, -0.1) is 0 Å². The molecule has 1 fully saturated rings. The zero-order valence-corrected chi connectivity index (χ0v) is 9.67. The smallest absolute Gasteiger partial charge is 0.123 e. The normalized spacial score (nSPS) is 25.6. The van der Waals surface area contributed by atoms with Gasteiger partial charge in [0.25, 0.3) is 0 Å². The van der Waals surface area contributed by atoms with Gasteiger partial charge in [0.1, 0.15) is 5.82 Å². The lowest BCUT2D eigenvalue weighted by Crippen LogP contribution is -2.53. The van der Waals surface area contributed by atoms with E-state index in [0.717, 1.165) is 25.9 Å². The molecule has 2 nitrogen and oxygen atoms in total. The van der Waals surface area contributed by atoms with E-state index in [-0.39, 0.29) is 5.82 Å². The minimum absolute atomic E-state index is 0.157. The average molecular weight is 222 g/mol. The fourth-order valence-corrected chi connectivity index (χ4v) is 2.03. The molecule has 3 heteroatoms. The summed E-state index contributed by atoms with van der Waals surface area (Å²) in [6.07, 6.45) is 2.11. The summed E-state index contributed by atoms with van der Waals surface area (Å²) in [4.78, 5) is 0. The molecule has 16 heavy (non-hydrogen) atoms. The van der Waals surface area contributed by atoms with Gasteiger partial charge in [0.2, 0.25) is 0 Å². The number of hydrogen-bond acceptors (Lipinski definition) is 2. The maximum atomic E-state index is 12.7. The summed E-state index contributed by atoms with van der Waals surface area (Å²) in [6, 6.07) is 7.92. The molecule has 0 spiro atoms. The van der Waals surface area contributed by atoms with Crippen molar-refractivity contribution in [2.75, 3.05) is 13.1 Å². The van der Waals surface area contributed by atoms with Crippen LogP contribution in [0, 0.1) is 5.82 Å². The number of hydrogen-bond donors (Lipinski definition) is 2. The van der Waals surface area contributed by atoms with Crippen molar-refractivity contribution >= 4 is 0 Å². The number of halogens is 1. The van der Waals surface area contributed by atoms with Gasteiger partial charge in [-0.1, -0.05) is 12.1 Å². The quantitative estimate of drug-likeness (QED) is 0.813. The molecule has 1 aromatic rings. The van der Waals surface area contributed by atoms with Crippen LogP contribution in [-0.2, 0) is 6.42 Å². The monoisotopic (exact) mass is 222 g/mol. The molecule has 0 amide bonds. The van der Waals surface area contributed by atoms with Crippen LogP contribution >= 0.6 is 0 Å². The molecule has 1 heterocycles. The molecule has 1 aliphatic rings. The Morgan fingerprint density at radius 1 is 1.19 bits per heavy atom. The Balaban J connectivity index is 1.77. The lowest BCUT2D eigenvalue weighted by Gasteiger charge is -2.29. The van der Waals surface area contributed by atoms with Gasteiger partial charge in [0.15, 0.2) is 0 Å². The lowest BCUT2D eigenvalue weighted by molar-refractivity contribution is 0.347. The molecule has 0 aliphatic carbocycles. The lowest BCUT2D eigenvalue weighted by atomic mass is 10.0. The van der Waals surface area contributed by atoms with E-state index in [0.29, 0.717) is 12.1 Å². The number of nitrogens with one attached hydrogen (secondary N) is 2. The first-order chi connectivity index (χ1) is 7.74. The van der Waals surface area contributed by atoms with Crippen LogP contribution < -0.4 is 10.6 Å². The maximum Gasteiger partial charge on any atom is 0.123 e. The van der Waals surface area contributed by atoms with E-state index in [4.69, 9.17) is 0 Å². The summed E-state index contributed by atoms with van der Waals surface area (Å²) in [5.74, 6) is -0.157. The van der Waals surface area contributed by atoms with Crippen LogP contribution in [0.3, 0.4) is 0 Å². The van der Waals surface area contributed by atoms with Gasteiger partial charge < -0.3 is 10.6 Å². The van der Waals surface area contributed by atoms with Crippen LogP contribution in [0.2, 0.25) is 0 Å². The molecule has 1 aromatic carbocycles. The van der Waals surface area contributed by atoms with E-state index in [1.807, 2.05) is 12.1 Å². The number of aryl methyl sites for hydroxylation is 1. The van der Waals surface area contributed by atoms with Crippen LogP contribution in [0.25, 0.3) is 0 Å². The predicted octanol–water partition coefficient (Wildman–Crippen LogP) is 1.71. The number of rotatable bonds is 3. The highest BCUT2D eigenvalue weighted by atomic mass is 19.1. The van der Waals surface area contributed by atoms with Gasteiger partial charge in [-0.2, -0.15) is 0 Å². The third kappa shape index (κ3) is 3.29. The fraction of sp³-hybridized carbons (Fsp3) is 0.538. The van der Waals surface area contributed by atoms with Crippen molar-refractivity contribution in [3.63, 3.8) is 0 Å². The molecule has 2 atom stereocenters. The summed E-state index contributed by atoms with van der Waals surface area (Å²) in [5, 5.41) is 6.97. The number of benzene rings is 1. The number of piperazine rings is 1. The zero-order chi connectivity index (χ0) is 11.4. The van der Waals surface area contributed by atoms with E-state index >= 15 is 0 Å². The highest BCUT2D eigenvalue weighted by Gasteiger charge is 2.15. The van der Waals surface area contributed by atoms with Crippen molar-refractivity contribution in [3.05, 3.63) is 35.6 Å². The summed E-state index contributed by atoms with van der Waals surface area (Å²) >= 11 is 0. The van der Waals surface area contributed by atoms with Gasteiger partial charge in [-0.25, -0.2) is 4.39 Å². The Morgan fingerprint density at radius 3 is 2.56 bits per heavy atom. The van der Waals surface area contributed by atoms with Crippen LogP contribution in [0.5, 0.6) is 0 Å². The third-order valence-electron chi connectivity index (χ3n) is 3.12. The van der Waals surface area contributed by atoms with Crippen LogP contribution in [-0.4, -0.2) is 25.2 Å². The van der Waals surface area contributed by atoms with Gasteiger partial charge in [-0.05, 0) is 37.5 Å². The van der Waals surface area contributed by atoms with E-state index in [1.165, 1.54) is 17.7 Å². The van der Waals surface area contributed by atoms with E-state index < -0.39 is 0 Å². The molecule has 0 radical (unpaired) electrons. The van der Waals surface area contributed by atoms with Gasteiger partial charge in [0.05, 0.1) is 0 Å². The van der Waals surface area contributed by atoms with Crippen LogP contribution in [0.1, 0.15) is 18.9 Å². The van der Waals surface area contributed by atoms with E-state index in [9.17, 15) is 4.39 Å². The standard InChI is InChI=1S/C13H19FN2/c1-10-8-16-13(9-15-10)7-4-11-2-5-12(14)6-3-11/h2-3,5-6,10,13,15-16H,4,7-9H2,1H3. The first-order valence-corrected chi connectivity index (χ1v) is 5.95. The van der Waals surface area contributed by atoms with Crippen molar-refractivity contribution in [3.8, 4) is 0 Å². The SMILES string of the molecule is CC1CNC(CCc2ccc(F)cc2)CN1. The fourth-order valence-electron chi connectivity index (χ4n) is 2.03. The minimum Gasteiger partial charge on any atom is -0.311 e. The molecule has 2 N–H and O–H groups in total. The Labute approximate surface area is 96.2 Å². The maximum absolute atomic E-state index is 12.7.